The smallest absolute Gasteiger partial charge is 0.213 e. The molecule has 1 aliphatic carbocycles. The summed E-state index contributed by atoms with van der Waals surface area (Å²) in [5.41, 5.74) is 14.5. The van der Waals surface area contributed by atoms with Gasteiger partial charge in [0.05, 0.1) is 27.8 Å². The Kier molecular flexibility index (Phi) is 6.76. The molecule has 13 rings (SSSR count). The summed E-state index contributed by atoms with van der Waals surface area (Å²) < 4.78 is 40.0. The van der Waals surface area contributed by atoms with Gasteiger partial charge in [0.1, 0.15) is 21.3 Å². The van der Waals surface area contributed by atoms with Gasteiger partial charge in [0.15, 0.2) is 0 Å². The van der Waals surface area contributed by atoms with Crippen molar-refractivity contribution in [3.05, 3.63) is 194 Å². The maximum atomic E-state index is 14.4. The van der Waals surface area contributed by atoms with Gasteiger partial charge in [-0.2, -0.15) is 0 Å². The minimum atomic E-state index is -3.89. The van der Waals surface area contributed by atoms with E-state index in [4.69, 9.17) is 4.74 Å². The van der Waals surface area contributed by atoms with Crippen LogP contribution in [0, 0.1) is 0 Å². The average molecular weight is 789 g/mol. The first-order valence-corrected chi connectivity index (χ1v) is 21.6. The van der Waals surface area contributed by atoms with E-state index >= 15 is 0 Å². The molecule has 11 aromatic rings. The average Bonchev–Trinajstić information content (AvgIpc) is 3.81. The molecule has 0 saturated heterocycles. The van der Waals surface area contributed by atoms with Gasteiger partial charge < -0.3 is 13.9 Å². The quantitative estimate of drug-likeness (QED) is 0.175. The molecule has 60 heavy (non-hydrogen) atoms. The van der Waals surface area contributed by atoms with E-state index < -0.39 is 9.84 Å². The van der Waals surface area contributed by atoms with E-state index in [0.717, 1.165) is 77.7 Å². The molecular weight excluding hydrogens is 757 g/mol. The third-order valence-electron chi connectivity index (χ3n) is 12.5. The topological polar surface area (TPSA) is 53.2 Å². The van der Waals surface area contributed by atoms with Crippen molar-refractivity contribution in [2.24, 2.45) is 0 Å². The van der Waals surface area contributed by atoms with E-state index in [1.54, 1.807) is 24.3 Å². The molecule has 0 amide bonds. The van der Waals surface area contributed by atoms with E-state index in [0.29, 0.717) is 11.5 Å². The van der Waals surface area contributed by atoms with E-state index in [1.807, 2.05) is 18.2 Å². The zero-order valence-electron chi connectivity index (χ0n) is 32.0. The molecule has 2 aromatic heterocycles. The summed E-state index contributed by atoms with van der Waals surface area (Å²) >= 11 is 0. The highest BCUT2D eigenvalue weighted by Crippen LogP contribution is 2.54. The van der Waals surface area contributed by atoms with Gasteiger partial charge in [-0.15, -0.1) is 0 Å². The number of nitrogens with zero attached hydrogens (tertiary/aromatic N) is 2. The third kappa shape index (κ3) is 4.48. The summed E-state index contributed by atoms with van der Waals surface area (Å²) in [4.78, 5) is 0.339. The highest BCUT2D eigenvalue weighted by molar-refractivity contribution is 7.91. The number of sulfone groups is 1. The lowest BCUT2D eigenvalue weighted by atomic mass is 9.80. The summed E-state index contributed by atoms with van der Waals surface area (Å²) in [5, 5.41) is 4.74. The fourth-order valence-electron chi connectivity index (χ4n) is 9.97. The van der Waals surface area contributed by atoms with Crippen molar-refractivity contribution in [1.29, 1.82) is 0 Å². The van der Waals surface area contributed by atoms with E-state index in [1.165, 1.54) is 21.8 Å². The summed E-state index contributed by atoms with van der Waals surface area (Å²) in [6.07, 6.45) is 0. The molecule has 0 bridgehead atoms. The lowest BCUT2D eigenvalue weighted by Gasteiger charge is -2.28. The first kappa shape index (κ1) is 33.3. The number of para-hydroxylation sites is 4. The highest BCUT2D eigenvalue weighted by atomic mass is 32.2. The normalized spacial score (nSPS) is 13.4. The molecule has 9 aromatic carbocycles. The molecule has 0 atom stereocenters. The molecule has 1 aliphatic heterocycles. The fourth-order valence-corrected chi connectivity index (χ4v) is 11.5. The Balaban J connectivity index is 1.12. The second-order valence-corrected chi connectivity index (χ2v) is 17.5. The van der Waals surface area contributed by atoms with Crippen LogP contribution in [0.3, 0.4) is 0 Å². The van der Waals surface area contributed by atoms with Crippen LogP contribution in [-0.2, 0) is 9.84 Å². The van der Waals surface area contributed by atoms with Crippen LogP contribution in [0.2, 0.25) is 0 Å². The lowest BCUT2D eigenvalue weighted by molar-refractivity contribution is 0.443. The number of ether oxygens (including phenoxy) is 1. The maximum Gasteiger partial charge on any atom is 0.213 e. The van der Waals surface area contributed by atoms with Crippen LogP contribution in [0.5, 0.6) is 11.5 Å². The van der Waals surface area contributed by atoms with Crippen molar-refractivity contribution < 1.29 is 13.2 Å². The van der Waals surface area contributed by atoms with Crippen molar-refractivity contribution in [3.63, 3.8) is 0 Å². The van der Waals surface area contributed by atoms with Crippen LogP contribution >= 0.6 is 0 Å². The monoisotopic (exact) mass is 788 g/mol. The molecule has 282 valence electrons. The van der Waals surface area contributed by atoms with Gasteiger partial charge in [0, 0.05) is 32.8 Å². The number of hydrogen-bond donors (Lipinski definition) is 0. The second kappa shape index (κ2) is 12.2. The van der Waals surface area contributed by atoms with Gasteiger partial charge >= 0.3 is 0 Å². The number of rotatable bonds is 2. The Morgan fingerprint density at radius 2 is 0.867 bits per heavy atom. The minimum absolute atomic E-state index is 0.164. The summed E-state index contributed by atoms with van der Waals surface area (Å²) in [7, 11) is -3.89. The predicted octanol–water partition coefficient (Wildman–Crippen LogP) is 13.8. The minimum Gasteiger partial charge on any atom is -0.455 e. The van der Waals surface area contributed by atoms with Crippen LogP contribution in [0.1, 0.15) is 0 Å². The zero-order chi connectivity index (χ0) is 39.7. The Morgan fingerprint density at radius 3 is 1.58 bits per heavy atom. The second-order valence-electron chi connectivity index (χ2n) is 15.6. The maximum absolute atomic E-state index is 14.4. The van der Waals surface area contributed by atoms with Crippen molar-refractivity contribution in [1.82, 2.24) is 9.13 Å². The van der Waals surface area contributed by atoms with Gasteiger partial charge in [-0.05, 0) is 106 Å². The molecule has 0 saturated carbocycles. The molecule has 6 heteroatoms. The molecule has 0 spiro atoms. The molecular formula is C54H32N2O3S. The Hall–Kier alpha value is -7.67. The Labute approximate surface area is 345 Å². The van der Waals surface area contributed by atoms with Gasteiger partial charge in [-0.1, -0.05) is 127 Å². The molecule has 2 aliphatic rings. The summed E-state index contributed by atoms with van der Waals surface area (Å²) in [6.45, 7) is 0. The van der Waals surface area contributed by atoms with Crippen molar-refractivity contribution >= 4 is 53.4 Å². The van der Waals surface area contributed by atoms with Gasteiger partial charge in [0.2, 0.25) is 9.84 Å². The Morgan fingerprint density at radius 1 is 0.350 bits per heavy atom. The fraction of sp³-hybridized carbons (Fsp3) is 0. The van der Waals surface area contributed by atoms with Crippen LogP contribution in [-0.4, -0.2) is 17.6 Å². The Bertz CT molecular complexity index is 3730. The van der Waals surface area contributed by atoms with E-state index in [9.17, 15) is 8.42 Å². The summed E-state index contributed by atoms with van der Waals surface area (Å²) in [5.74, 6) is 0.667. The van der Waals surface area contributed by atoms with Crippen molar-refractivity contribution in [2.45, 2.75) is 9.79 Å². The standard InChI is InChI=1S/C54H32N2O3S/c57-60(58)52-27-12-11-26-50(52)59-51-31-42-36-16-2-1-14-34(36)35-15-3-4-20-40(35)54-41(43(42)32-53(51)60)21-13-25-49(54)56-47-24-10-7-19-39(47)44-30-33(28-29-48(44)56)55-45-22-8-5-17-37(45)38-18-6-9-23-46(38)55/h1-32H. The van der Waals surface area contributed by atoms with Crippen molar-refractivity contribution in [3.8, 4) is 67.4 Å². The molecule has 5 nitrogen and oxygen atoms in total. The third-order valence-corrected chi connectivity index (χ3v) is 14.3. The predicted molar refractivity (Wildman–Crippen MR) is 242 cm³/mol. The first-order chi connectivity index (χ1) is 29.5. The van der Waals surface area contributed by atoms with Gasteiger partial charge in [-0.3, -0.25) is 0 Å². The van der Waals surface area contributed by atoms with Crippen LogP contribution in [0.25, 0.3) is 99.5 Å². The van der Waals surface area contributed by atoms with E-state index in [2.05, 4.69) is 161 Å². The number of benzene rings is 9. The van der Waals surface area contributed by atoms with Crippen LogP contribution in [0.4, 0.5) is 0 Å². The SMILES string of the molecule is O=S1(=O)c2ccccc2Oc2cc3c(cc21)-c1cccc(-n2c4ccccc4c4cc(-n5c6ccccc6c6ccccc65)ccc42)c1-c1ccccc1-c1ccccc1-3. The number of fused-ring (bicyclic) bond motifs is 16. The molecule has 0 radical (unpaired) electrons. The largest absolute Gasteiger partial charge is 0.455 e. The number of hydrogen-bond acceptors (Lipinski definition) is 3. The van der Waals surface area contributed by atoms with Gasteiger partial charge in [-0.25, -0.2) is 8.42 Å². The first-order valence-electron chi connectivity index (χ1n) is 20.1. The molecule has 0 unspecified atom stereocenters. The molecule has 0 N–H and O–H groups in total. The van der Waals surface area contributed by atoms with Crippen molar-refractivity contribution in [2.75, 3.05) is 0 Å². The summed E-state index contributed by atoms with van der Waals surface area (Å²) in [6, 6.07) is 66.7. The van der Waals surface area contributed by atoms with E-state index in [-0.39, 0.29) is 9.79 Å². The number of aromatic nitrogens is 2. The molecule has 0 fully saturated rings. The lowest BCUT2D eigenvalue weighted by Crippen LogP contribution is -2.12. The van der Waals surface area contributed by atoms with Crippen LogP contribution in [0.15, 0.2) is 204 Å². The highest BCUT2D eigenvalue weighted by Gasteiger charge is 2.34. The zero-order valence-corrected chi connectivity index (χ0v) is 32.8. The van der Waals surface area contributed by atoms with Crippen LogP contribution < -0.4 is 4.74 Å². The molecule has 3 heterocycles. The van der Waals surface area contributed by atoms with Gasteiger partial charge in [0.25, 0.3) is 0 Å².